The fourth-order valence-electron chi connectivity index (χ4n) is 3.08. The van der Waals surface area contributed by atoms with Crippen LogP contribution >= 0.6 is 0 Å². The highest BCUT2D eigenvalue weighted by molar-refractivity contribution is 6.06. The van der Waals surface area contributed by atoms with E-state index in [-0.39, 0.29) is 5.91 Å². The van der Waals surface area contributed by atoms with Gasteiger partial charge in [-0.15, -0.1) is 10.2 Å². The summed E-state index contributed by atoms with van der Waals surface area (Å²) in [5.74, 6) is 0.713. The van der Waals surface area contributed by atoms with Gasteiger partial charge in [-0.25, -0.2) is 0 Å². The Bertz CT molecular complexity index is 971. The Hall–Kier alpha value is -3.52. The van der Waals surface area contributed by atoms with Crippen LogP contribution in [-0.2, 0) is 4.84 Å². The molecule has 31 heavy (non-hydrogen) atoms. The Labute approximate surface area is 181 Å². The van der Waals surface area contributed by atoms with E-state index in [1.54, 1.807) is 42.7 Å². The molecule has 3 rings (SSSR count). The molecule has 0 aliphatic rings. The summed E-state index contributed by atoms with van der Waals surface area (Å²) in [6.45, 7) is 2.20. The Balaban J connectivity index is 1.66. The number of aromatic nitrogens is 4. The lowest BCUT2D eigenvalue weighted by molar-refractivity contribution is 0.0774. The van der Waals surface area contributed by atoms with Crippen LogP contribution in [0.15, 0.2) is 60.9 Å². The third kappa shape index (κ3) is 5.99. The van der Waals surface area contributed by atoms with Crippen molar-refractivity contribution in [2.24, 2.45) is 0 Å². The summed E-state index contributed by atoms with van der Waals surface area (Å²) in [4.78, 5) is 18.5. The van der Waals surface area contributed by atoms with Crippen LogP contribution in [0.4, 0.5) is 5.69 Å². The monoisotopic (exact) mass is 421 g/mol. The summed E-state index contributed by atoms with van der Waals surface area (Å²) in [7, 11) is 1.44. The molecule has 0 aliphatic heterocycles. The van der Waals surface area contributed by atoms with Crippen LogP contribution in [0.25, 0.3) is 11.4 Å². The number of para-hydroxylation sites is 1. The summed E-state index contributed by atoms with van der Waals surface area (Å²) in [5.41, 5.74) is 1.60. The highest BCUT2D eigenvalue weighted by Gasteiger charge is 2.22. The number of allylic oxidation sites excluding steroid dienone is 1. The third-order valence-corrected chi connectivity index (χ3v) is 4.70. The molecule has 0 radical (unpaired) electrons. The van der Waals surface area contributed by atoms with Crippen molar-refractivity contribution in [1.29, 1.82) is 0 Å². The van der Waals surface area contributed by atoms with Crippen molar-refractivity contribution < 1.29 is 14.4 Å². The lowest BCUT2D eigenvalue weighted by Crippen LogP contribution is -2.30. The molecule has 0 saturated heterocycles. The maximum absolute atomic E-state index is 13.1. The quantitative estimate of drug-likeness (QED) is 0.268. The van der Waals surface area contributed by atoms with Gasteiger partial charge >= 0.3 is 0 Å². The zero-order valence-corrected chi connectivity index (χ0v) is 17.8. The molecule has 0 bridgehead atoms. The first-order valence-corrected chi connectivity index (χ1v) is 10.4. The Kier molecular flexibility index (Phi) is 8.30. The van der Waals surface area contributed by atoms with Gasteiger partial charge in [-0.05, 0) is 60.5 Å². The fourth-order valence-corrected chi connectivity index (χ4v) is 3.08. The summed E-state index contributed by atoms with van der Waals surface area (Å²) < 4.78 is 5.62. The summed E-state index contributed by atoms with van der Waals surface area (Å²) in [6, 6.07) is 14.1. The summed E-state index contributed by atoms with van der Waals surface area (Å²) in [5, 5.41) is 15.2. The van der Waals surface area contributed by atoms with E-state index >= 15 is 0 Å². The second-order valence-corrected chi connectivity index (χ2v) is 6.90. The van der Waals surface area contributed by atoms with Crippen LogP contribution in [0.5, 0.6) is 5.75 Å². The van der Waals surface area contributed by atoms with Crippen LogP contribution in [0.3, 0.4) is 0 Å². The van der Waals surface area contributed by atoms with E-state index < -0.39 is 0 Å². The van der Waals surface area contributed by atoms with E-state index in [0.717, 1.165) is 6.42 Å². The van der Waals surface area contributed by atoms with Crippen molar-refractivity contribution in [2.75, 3.05) is 12.2 Å². The van der Waals surface area contributed by atoms with Crippen LogP contribution in [0, 0.1) is 0 Å². The average Bonchev–Trinajstić information content (AvgIpc) is 3.34. The molecule has 0 saturated carbocycles. The standard InChI is InChI=1S/C23H27N5O3/c1-3-4-5-6-7-10-17-31-19-15-13-18(14-16-19)23(29)28(30-2)21-12-9-8-11-20(21)22-24-26-27-25-22/h8-17H,3-7H2,1-2H3,(H,24,25,26,27). The first-order chi connectivity index (χ1) is 15.2. The number of ether oxygens (including phenoxy) is 1. The highest BCUT2D eigenvalue weighted by atomic mass is 16.7. The van der Waals surface area contributed by atoms with Crippen molar-refractivity contribution in [1.82, 2.24) is 20.6 Å². The highest BCUT2D eigenvalue weighted by Crippen LogP contribution is 2.29. The lowest BCUT2D eigenvalue weighted by Gasteiger charge is -2.21. The number of aromatic amines is 1. The molecule has 1 amide bonds. The molecule has 0 atom stereocenters. The molecule has 0 fully saturated rings. The van der Waals surface area contributed by atoms with Crippen molar-refractivity contribution in [3.05, 3.63) is 66.4 Å². The third-order valence-electron chi connectivity index (χ3n) is 4.70. The molecule has 3 aromatic rings. The molecular weight excluding hydrogens is 394 g/mol. The van der Waals surface area contributed by atoms with Crippen molar-refractivity contribution >= 4 is 11.6 Å². The number of unbranched alkanes of at least 4 members (excludes halogenated alkanes) is 4. The molecule has 0 aliphatic carbocycles. The van der Waals surface area contributed by atoms with E-state index in [9.17, 15) is 4.79 Å². The number of hydroxylamine groups is 1. The number of H-pyrrole nitrogens is 1. The van der Waals surface area contributed by atoms with E-state index in [4.69, 9.17) is 9.57 Å². The minimum Gasteiger partial charge on any atom is -0.465 e. The van der Waals surface area contributed by atoms with Gasteiger partial charge in [0.15, 0.2) is 0 Å². The Morgan fingerprint density at radius 2 is 1.90 bits per heavy atom. The minimum absolute atomic E-state index is 0.323. The summed E-state index contributed by atoms with van der Waals surface area (Å²) >= 11 is 0. The van der Waals surface area contributed by atoms with E-state index in [2.05, 4.69) is 27.5 Å². The molecule has 8 nitrogen and oxygen atoms in total. The number of amides is 1. The van der Waals surface area contributed by atoms with E-state index in [0.29, 0.717) is 28.4 Å². The van der Waals surface area contributed by atoms with Gasteiger partial charge in [0, 0.05) is 11.1 Å². The largest absolute Gasteiger partial charge is 0.465 e. The molecule has 1 aromatic heterocycles. The van der Waals surface area contributed by atoms with Crippen molar-refractivity contribution in [3.63, 3.8) is 0 Å². The van der Waals surface area contributed by atoms with Gasteiger partial charge in [-0.2, -0.15) is 10.3 Å². The molecule has 2 aromatic carbocycles. The van der Waals surface area contributed by atoms with Gasteiger partial charge in [0.05, 0.1) is 19.1 Å². The van der Waals surface area contributed by atoms with Gasteiger partial charge in [-0.3, -0.25) is 9.63 Å². The number of carbonyl (C=O) groups is 1. The van der Waals surface area contributed by atoms with Gasteiger partial charge in [0.1, 0.15) is 5.75 Å². The average molecular weight is 422 g/mol. The maximum atomic E-state index is 13.1. The van der Waals surface area contributed by atoms with Crippen LogP contribution in [0.2, 0.25) is 0 Å². The number of rotatable bonds is 11. The first-order valence-electron chi connectivity index (χ1n) is 10.4. The minimum atomic E-state index is -0.323. The maximum Gasteiger partial charge on any atom is 0.282 e. The predicted octanol–water partition coefficient (Wildman–Crippen LogP) is 4.94. The smallest absolute Gasteiger partial charge is 0.282 e. The fraction of sp³-hybridized carbons (Fsp3) is 0.304. The van der Waals surface area contributed by atoms with Gasteiger partial charge in [0.2, 0.25) is 5.82 Å². The zero-order valence-electron chi connectivity index (χ0n) is 17.8. The number of anilines is 1. The van der Waals surface area contributed by atoms with E-state index in [1.165, 1.54) is 37.9 Å². The Morgan fingerprint density at radius 1 is 1.10 bits per heavy atom. The van der Waals surface area contributed by atoms with Crippen LogP contribution in [-0.4, -0.2) is 33.6 Å². The van der Waals surface area contributed by atoms with Gasteiger partial charge in [0.25, 0.3) is 5.91 Å². The molecule has 8 heteroatoms. The number of tetrazole rings is 1. The van der Waals surface area contributed by atoms with Crippen LogP contribution in [0.1, 0.15) is 49.4 Å². The summed E-state index contributed by atoms with van der Waals surface area (Å²) in [6.07, 6.45) is 9.63. The number of benzene rings is 2. The number of hydrogen-bond donors (Lipinski definition) is 1. The number of nitrogens with zero attached hydrogens (tertiary/aromatic N) is 4. The number of nitrogens with one attached hydrogen (secondary N) is 1. The van der Waals surface area contributed by atoms with E-state index in [1.807, 2.05) is 18.2 Å². The topological polar surface area (TPSA) is 93.2 Å². The molecule has 0 spiro atoms. The second-order valence-electron chi connectivity index (χ2n) is 6.90. The zero-order chi connectivity index (χ0) is 21.9. The van der Waals surface area contributed by atoms with Crippen molar-refractivity contribution in [2.45, 2.75) is 39.0 Å². The SMILES string of the molecule is CCCCCCC=COc1ccc(C(=O)N(OC)c2ccccc2-c2nn[nH]n2)cc1. The Morgan fingerprint density at radius 3 is 2.61 bits per heavy atom. The van der Waals surface area contributed by atoms with Crippen LogP contribution < -0.4 is 9.80 Å². The normalized spacial score (nSPS) is 11.0. The predicted molar refractivity (Wildman–Crippen MR) is 118 cm³/mol. The molecule has 162 valence electrons. The van der Waals surface area contributed by atoms with Gasteiger partial charge in [-0.1, -0.05) is 38.3 Å². The second kappa shape index (κ2) is 11.6. The lowest BCUT2D eigenvalue weighted by atomic mass is 10.1. The molecule has 1 N–H and O–H groups in total. The van der Waals surface area contributed by atoms with Crippen molar-refractivity contribution in [3.8, 4) is 17.1 Å². The molecule has 1 heterocycles. The van der Waals surface area contributed by atoms with Gasteiger partial charge < -0.3 is 4.74 Å². The number of carbonyl (C=O) groups excluding carboxylic acids is 1. The molecule has 0 unspecified atom stereocenters. The number of hydrogen-bond acceptors (Lipinski definition) is 6. The molecular formula is C23H27N5O3. The first kappa shape index (κ1) is 22.2.